The number of nitrogens with one attached hydrogen (secondary N) is 1. The Morgan fingerprint density at radius 3 is 2.62 bits per heavy atom. The molecule has 1 rings (SSSR count). The van der Waals surface area contributed by atoms with Gasteiger partial charge in [-0.05, 0) is 30.5 Å². The predicted octanol–water partition coefficient (Wildman–Crippen LogP) is 3.57. The van der Waals surface area contributed by atoms with E-state index in [4.69, 9.17) is 11.6 Å². The van der Waals surface area contributed by atoms with Crippen molar-refractivity contribution in [1.29, 1.82) is 0 Å². The fourth-order valence-corrected chi connectivity index (χ4v) is 1.43. The van der Waals surface area contributed by atoms with Gasteiger partial charge in [-0.25, -0.2) is 0 Å². The molecule has 0 saturated carbocycles. The van der Waals surface area contributed by atoms with E-state index >= 15 is 0 Å². The van der Waals surface area contributed by atoms with Crippen LogP contribution >= 0.6 is 23.4 Å². The van der Waals surface area contributed by atoms with Crippen molar-refractivity contribution < 1.29 is 0 Å². The summed E-state index contributed by atoms with van der Waals surface area (Å²) in [6, 6.07) is 8.32. The van der Waals surface area contributed by atoms with Gasteiger partial charge in [-0.15, -0.1) is 11.8 Å². The van der Waals surface area contributed by atoms with Gasteiger partial charge in [-0.3, -0.25) is 0 Å². The summed E-state index contributed by atoms with van der Waals surface area (Å²) in [4.78, 5) is 1.28. The summed E-state index contributed by atoms with van der Waals surface area (Å²) in [6.07, 6.45) is 3.93. The number of hydrogen-bond donors (Lipinski definition) is 1. The van der Waals surface area contributed by atoms with Crippen LogP contribution in [0.15, 0.2) is 40.8 Å². The van der Waals surface area contributed by atoms with Crippen molar-refractivity contribution in [2.45, 2.75) is 4.90 Å². The predicted molar refractivity (Wildman–Crippen MR) is 61.7 cm³/mol. The molecular weight excluding hydrogens is 202 g/mol. The van der Waals surface area contributed by atoms with Gasteiger partial charge >= 0.3 is 0 Å². The maximum atomic E-state index is 5.39. The number of anilines is 1. The van der Waals surface area contributed by atoms with Crippen LogP contribution in [0.2, 0.25) is 0 Å². The van der Waals surface area contributed by atoms with E-state index in [0.29, 0.717) is 0 Å². The van der Waals surface area contributed by atoms with Gasteiger partial charge in [-0.1, -0.05) is 17.7 Å². The smallest absolute Gasteiger partial charge is 0.0343 e. The standard InChI is InChI=1S/C10H12ClNS/c1-13-10-5-3-9(4-6-10)12-8-2-7-11/h2-7,12H,8H2,1H3/b7-2+. The molecule has 0 amide bonds. The van der Waals surface area contributed by atoms with Gasteiger partial charge < -0.3 is 5.32 Å². The minimum atomic E-state index is 0.766. The summed E-state index contributed by atoms with van der Waals surface area (Å²) >= 11 is 7.13. The molecule has 1 aromatic carbocycles. The third kappa shape index (κ3) is 3.75. The van der Waals surface area contributed by atoms with E-state index in [-0.39, 0.29) is 0 Å². The second kappa shape index (κ2) is 5.95. The van der Waals surface area contributed by atoms with E-state index in [1.165, 1.54) is 10.4 Å². The summed E-state index contributed by atoms with van der Waals surface area (Å²) in [6.45, 7) is 0.766. The summed E-state index contributed by atoms with van der Waals surface area (Å²) < 4.78 is 0. The average Bonchev–Trinajstić information content (AvgIpc) is 2.19. The Labute approximate surface area is 88.2 Å². The molecule has 13 heavy (non-hydrogen) atoms. The Hall–Kier alpha value is -0.600. The third-order valence-corrected chi connectivity index (χ3v) is 2.52. The number of benzene rings is 1. The molecule has 0 radical (unpaired) electrons. The van der Waals surface area contributed by atoms with Crippen LogP contribution in [0.4, 0.5) is 5.69 Å². The van der Waals surface area contributed by atoms with Gasteiger partial charge in [0.15, 0.2) is 0 Å². The first kappa shape index (κ1) is 10.5. The van der Waals surface area contributed by atoms with E-state index < -0.39 is 0 Å². The molecule has 0 saturated heterocycles. The number of thioether (sulfide) groups is 1. The van der Waals surface area contributed by atoms with Gasteiger partial charge in [0.2, 0.25) is 0 Å². The Balaban J connectivity index is 2.49. The second-order valence-corrected chi connectivity index (χ2v) is 3.60. The highest BCUT2D eigenvalue weighted by atomic mass is 35.5. The Morgan fingerprint density at radius 1 is 1.38 bits per heavy atom. The molecule has 0 aromatic heterocycles. The fourth-order valence-electron chi connectivity index (χ4n) is 0.930. The van der Waals surface area contributed by atoms with Crippen molar-refractivity contribution in [2.24, 2.45) is 0 Å². The fraction of sp³-hybridized carbons (Fsp3) is 0.200. The van der Waals surface area contributed by atoms with E-state index in [0.717, 1.165) is 12.2 Å². The summed E-state index contributed by atoms with van der Waals surface area (Å²) in [7, 11) is 0. The molecule has 0 heterocycles. The molecule has 0 unspecified atom stereocenters. The maximum Gasteiger partial charge on any atom is 0.0343 e. The van der Waals surface area contributed by atoms with Crippen LogP contribution in [-0.2, 0) is 0 Å². The van der Waals surface area contributed by atoms with Crippen molar-refractivity contribution in [3.8, 4) is 0 Å². The first-order valence-corrected chi connectivity index (χ1v) is 5.66. The molecular formula is C10H12ClNS. The van der Waals surface area contributed by atoms with Crippen LogP contribution in [0.5, 0.6) is 0 Å². The normalized spacial score (nSPS) is 10.6. The third-order valence-electron chi connectivity index (χ3n) is 1.60. The molecule has 0 bridgehead atoms. The Kier molecular flexibility index (Phi) is 4.79. The van der Waals surface area contributed by atoms with Crippen molar-refractivity contribution in [1.82, 2.24) is 0 Å². The molecule has 1 nitrogen and oxygen atoms in total. The molecule has 0 aliphatic carbocycles. The summed E-state index contributed by atoms with van der Waals surface area (Å²) in [5, 5.41) is 3.22. The zero-order valence-corrected chi connectivity index (χ0v) is 9.03. The summed E-state index contributed by atoms with van der Waals surface area (Å²) in [5.74, 6) is 0. The lowest BCUT2D eigenvalue weighted by molar-refractivity contribution is 1.32. The number of rotatable bonds is 4. The van der Waals surface area contributed by atoms with Gasteiger partial charge in [0.25, 0.3) is 0 Å². The lowest BCUT2D eigenvalue weighted by Gasteiger charge is -2.03. The maximum absolute atomic E-state index is 5.39. The highest BCUT2D eigenvalue weighted by Gasteiger charge is 1.90. The molecule has 0 aliphatic rings. The highest BCUT2D eigenvalue weighted by molar-refractivity contribution is 7.98. The van der Waals surface area contributed by atoms with Crippen molar-refractivity contribution in [3.63, 3.8) is 0 Å². The Bertz CT molecular complexity index is 269. The zero-order chi connectivity index (χ0) is 9.52. The van der Waals surface area contributed by atoms with Gasteiger partial charge in [0.1, 0.15) is 0 Å². The van der Waals surface area contributed by atoms with Crippen LogP contribution in [0.25, 0.3) is 0 Å². The van der Waals surface area contributed by atoms with E-state index in [9.17, 15) is 0 Å². The van der Waals surface area contributed by atoms with Crippen LogP contribution < -0.4 is 5.32 Å². The lowest BCUT2D eigenvalue weighted by atomic mass is 10.3. The average molecular weight is 214 g/mol. The van der Waals surface area contributed by atoms with Gasteiger partial charge in [-0.2, -0.15) is 0 Å². The van der Waals surface area contributed by atoms with E-state index in [2.05, 4.69) is 35.8 Å². The SMILES string of the molecule is CSc1ccc(NC/C=C/Cl)cc1. The van der Waals surface area contributed by atoms with Crippen LogP contribution in [0, 0.1) is 0 Å². The van der Waals surface area contributed by atoms with Crippen molar-refractivity contribution >= 4 is 29.1 Å². The highest BCUT2D eigenvalue weighted by Crippen LogP contribution is 2.17. The quantitative estimate of drug-likeness (QED) is 0.768. The molecule has 1 aromatic rings. The minimum absolute atomic E-state index is 0.766. The van der Waals surface area contributed by atoms with Crippen LogP contribution in [-0.4, -0.2) is 12.8 Å². The first-order chi connectivity index (χ1) is 6.36. The monoisotopic (exact) mass is 213 g/mol. The minimum Gasteiger partial charge on any atom is -0.382 e. The molecule has 0 spiro atoms. The molecule has 0 atom stereocenters. The molecule has 1 N–H and O–H groups in total. The van der Waals surface area contributed by atoms with E-state index in [1.807, 2.05) is 6.08 Å². The molecule has 3 heteroatoms. The van der Waals surface area contributed by atoms with Crippen molar-refractivity contribution in [2.75, 3.05) is 18.1 Å². The topological polar surface area (TPSA) is 12.0 Å². The molecule has 70 valence electrons. The lowest BCUT2D eigenvalue weighted by Crippen LogP contribution is -1.96. The van der Waals surface area contributed by atoms with Crippen LogP contribution in [0.1, 0.15) is 0 Å². The van der Waals surface area contributed by atoms with E-state index in [1.54, 1.807) is 11.8 Å². The largest absolute Gasteiger partial charge is 0.382 e. The van der Waals surface area contributed by atoms with Gasteiger partial charge in [0, 0.05) is 22.7 Å². The van der Waals surface area contributed by atoms with Crippen LogP contribution in [0.3, 0.4) is 0 Å². The molecule has 0 aliphatic heterocycles. The molecule has 0 fully saturated rings. The summed E-state index contributed by atoms with van der Waals surface area (Å²) in [5.41, 5.74) is 2.64. The number of hydrogen-bond acceptors (Lipinski definition) is 2. The second-order valence-electron chi connectivity index (χ2n) is 2.47. The van der Waals surface area contributed by atoms with Crippen molar-refractivity contribution in [3.05, 3.63) is 35.9 Å². The van der Waals surface area contributed by atoms with Gasteiger partial charge in [0.05, 0.1) is 0 Å². The first-order valence-electron chi connectivity index (χ1n) is 4.00. The number of halogens is 1. The Morgan fingerprint density at radius 2 is 2.08 bits per heavy atom. The zero-order valence-electron chi connectivity index (χ0n) is 7.46.